The fourth-order valence-corrected chi connectivity index (χ4v) is 5.89. The van der Waals surface area contributed by atoms with Crippen LogP contribution in [0.3, 0.4) is 0 Å². The van der Waals surface area contributed by atoms with Gasteiger partial charge in [0.05, 0.1) is 32.4 Å². The highest BCUT2D eigenvalue weighted by Gasteiger charge is 2.59. The van der Waals surface area contributed by atoms with Crippen LogP contribution in [0.2, 0.25) is 37.8 Å². The van der Waals surface area contributed by atoms with Gasteiger partial charge in [-0.15, -0.1) is 5.54 Å². The van der Waals surface area contributed by atoms with Gasteiger partial charge < -0.3 is 23.4 Å². The van der Waals surface area contributed by atoms with Crippen molar-refractivity contribution in [2.45, 2.75) is 76.4 Å². The minimum absolute atomic E-state index is 0.0598. The Labute approximate surface area is 204 Å². The third kappa shape index (κ3) is 5.18. The summed E-state index contributed by atoms with van der Waals surface area (Å²) in [6.45, 7) is 17.9. The van der Waals surface area contributed by atoms with Crippen molar-refractivity contribution in [2.75, 3.05) is 26.9 Å². The molecule has 0 aromatic rings. The largest absolute Gasteiger partial charge is 0.458 e. The molecule has 1 aliphatic carbocycles. The number of alkyl carbamates (subject to hydrolysis) is 1. The number of fused-ring (bicyclic) bond motifs is 1. The lowest BCUT2D eigenvalue weighted by Crippen LogP contribution is -2.59. The van der Waals surface area contributed by atoms with Gasteiger partial charge in [-0.1, -0.05) is 46.3 Å². The molecule has 34 heavy (non-hydrogen) atoms. The summed E-state index contributed by atoms with van der Waals surface area (Å²) in [4.78, 5) is 24.8. The van der Waals surface area contributed by atoms with Crippen molar-refractivity contribution in [2.24, 2.45) is 0 Å². The van der Waals surface area contributed by atoms with Gasteiger partial charge in [-0.05, 0) is 18.1 Å². The van der Waals surface area contributed by atoms with E-state index in [2.05, 4.69) is 70.3 Å². The Morgan fingerprint density at radius 1 is 1.15 bits per heavy atom. The van der Waals surface area contributed by atoms with E-state index in [1.165, 1.54) is 13.2 Å². The van der Waals surface area contributed by atoms with Crippen LogP contribution in [-0.2, 0) is 28.2 Å². The number of ether oxygens (including phenoxy) is 4. The Hall–Kier alpha value is -1.91. The Bertz CT molecular complexity index is 986. The quantitative estimate of drug-likeness (QED) is 0.352. The highest BCUT2D eigenvalue weighted by molar-refractivity contribution is 6.83. The maximum absolute atomic E-state index is 12.5. The van der Waals surface area contributed by atoms with Crippen LogP contribution in [0.15, 0.2) is 22.9 Å². The molecule has 0 radical (unpaired) electrons. The predicted molar refractivity (Wildman–Crippen MR) is 133 cm³/mol. The average Bonchev–Trinajstić information content (AvgIpc) is 3.16. The van der Waals surface area contributed by atoms with Gasteiger partial charge in [-0.3, -0.25) is 5.32 Å². The molecule has 1 N–H and O–H groups in total. The monoisotopic (exact) mass is 507 g/mol. The third-order valence-corrected chi connectivity index (χ3v) is 11.9. The summed E-state index contributed by atoms with van der Waals surface area (Å²) < 4.78 is 29.6. The maximum atomic E-state index is 12.5. The van der Waals surface area contributed by atoms with Crippen LogP contribution in [0.4, 0.5) is 4.79 Å². The van der Waals surface area contributed by atoms with Crippen LogP contribution in [0, 0.1) is 11.5 Å². The second-order valence-electron chi connectivity index (χ2n) is 11.5. The number of carbonyl (C=O) groups is 2. The summed E-state index contributed by atoms with van der Waals surface area (Å²) in [5.74, 6) is 1.69. The molecule has 0 unspecified atom stereocenters. The number of hydrogen-bond acceptors (Lipinski definition) is 7. The van der Waals surface area contributed by atoms with E-state index in [1.54, 1.807) is 0 Å². The number of hydrogen-bond donors (Lipinski definition) is 1. The number of rotatable bonds is 3. The summed E-state index contributed by atoms with van der Waals surface area (Å²) in [7, 11) is -2.97. The van der Waals surface area contributed by atoms with Crippen molar-refractivity contribution < 1.29 is 33.0 Å². The zero-order valence-corrected chi connectivity index (χ0v) is 23.8. The molecule has 0 bridgehead atoms. The minimum Gasteiger partial charge on any atom is -0.458 e. The summed E-state index contributed by atoms with van der Waals surface area (Å²) in [6, 6.07) is 0. The van der Waals surface area contributed by atoms with Gasteiger partial charge in [0, 0.05) is 17.2 Å². The van der Waals surface area contributed by atoms with Gasteiger partial charge in [-0.2, -0.15) is 0 Å². The zero-order chi connectivity index (χ0) is 25.6. The molecule has 188 valence electrons. The van der Waals surface area contributed by atoms with Gasteiger partial charge >= 0.3 is 12.1 Å². The second kappa shape index (κ2) is 8.95. The topological polar surface area (TPSA) is 92.3 Å². The summed E-state index contributed by atoms with van der Waals surface area (Å²) in [5, 5.41) is 2.66. The molecule has 2 heterocycles. The standard InChI is InChI=1S/C24H37NO7Si2/c1-22(2,3)34(8,9)32-23(10-13-33(5,6)7)16-24(30-11-12-31-24)20(25-21(27)28-4)17-15-29-19(26)14-18(17)23/h14H,11-12,15-16H2,1-9H3,(H,25,27)/t23-/m0/s1. The number of methoxy groups -OCH3 is 1. The van der Waals surface area contributed by atoms with Gasteiger partial charge in [0.2, 0.25) is 5.79 Å². The summed E-state index contributed by atoms with van der Waals surface area (Å²) in [5.41, 5.74) is 3.85. The molecule has 1 spiro atoms. The first kappa shape index (κ1) is 26.7. The first-order valence-electron chi connectivity index (χ1n) is 11.5. The Balaban J connectivity index is 2.33. The first-order valence-corrected chi connectivity index (χ1v) is 18.0. The number of cyclic esters (lactones) is 1. The van der Waals surface area contributed by atoms with Crippen LogP contribution in [0.5, 0.6) is 0 Å². The molecule has 1 atom stereocenters. The average molecular weight is 508 g/mol. The molecule has 1 fully saturated rings. The second-order valence-corrected chi connectivity index (χ2v) is 20.9. The molecule has 10 heteroatoms. The fraction of sp³-hybridized carbons (Fsp3) is 0.667. The summed E-state index contributed by atoms with van der Waals surface area (Å²) in [6.07, 6.45) is 0.945. The smallest absolute Gasteiger partial charge is 0.411 e. The molecular formula is C24H37NO7Si2. The molecule has 0 saturated carbocycles. The highest BCUT2D eigenvalue weighted by Crippen LogP contribution is 2.52. The number of esters is 1. The minimum atomic E-state index is -2.41. The lowest BCUT2D eigenvalue weighted by atomic mass is 9.74. The lowest BCUT2D eigenvalue weighted by molar-refractivity contribution is -0.161. The van der Waals surface area contributed by atoms with Crippen molar-refractivity contribution in [3.05, 3.63) is 22.9 Å². The van der Waals surface area contributed by atoms with Crippen LogP contribution < -0.4 is 5.32 Å². The fourth-order valence-electron chi connectivity index (χ4n) is 3.91. The zero-order valence-electron chi connectivity index (χ0n) is 21.8. The van der Waals surface area contributed by atoms with Crippen molar-refractivity contribution in [3.63, 3.8) is 0 Å². The van der Waals surface area contributed by atoms with E-state index in [4.69, 9.17) is 23.4 Å². The van der Waals surface area contributed by atoms with Crippen LogP contribution in [0.1, 0.15) is 27.2 Å². The van der Waals surface area contributed by atoms with Crippen molar-refractivity contribution in [1.29, 1.82) is 0 Å². The molecule has 0 aromatic carbocycles. The van der Waals surface area contributed by atoms with Crippen LogP contribution in [0.25, 0.3) is 0 Å². The lowest BCUT2D eigenvalue weighted by Gasteiger charge is -2.51. The molecular weight excluding hydrogens is 470 g/mol. The van der Waals surface area contributed by atoms with E-state index < -0.39 is 39.8 Å². The first-order chi connectivity index (χ1) is 15.5. The number of nitrogens with one attached hydrogen (secondary N) is 1. The van der Waals surface area contributed by atoms with Gasteiger partial charge in [0.15, 0.2) is 8.32 Å². The van der Waals surface area contributed by atoms with Gasteiger partial charge in [-0.25, -0.2) is 9.59 Å². The van der Waals surface area contributed by atoms with Crippen molar-refractivity contribution in [3.8, 4) is 11.5 Å². The Kier molecular flexibility index (Phi) is 7.03. The predicted octanol–water partition coefficient (Wildman–Crippen LogP) is 3.87. The SMILES string of the molecule is COC(=O)NC1=C2COC(=O)C=C2[C@@](C#C[Si](C)(C)C)(O[Si](C)(C)C(C)(C)C)CC12OCCO2. The Morgan fingerprint density at radius 2 is 1.76 bits per heavy atom. The van der Waals surface area contributed by atoms with Crippen LogP contribution in [-0.4, -0.2) is 66.8 Å². The number of carbonyl (C=O) groups excluding carboxylic acids is 2. The Morgan fingerprint density at radius 3 is 2.29 bits per heavy atom. The van der Waals surface area contributed by atoms with Crippen molar-refractivity contribution in [1.82, 2.24) is 5.32 Å². The van der Waals surface area contributed by atoms with E-state index in [-0.39, 0.29) is 18.1 Å². The van der Waals surface area contributed by atoms with E-state index in [1.807, 2.05) is 0 Å². The van der Waals surface area contributed by atoms with Gasteiger partial charge in [0.25, 0.3) is 0 Å². The molecule has 8 nitrogen and oxygen atoms in total. The number of amides is 1. The van der Waals surface area contributed by atoms with E-state index in [9.17, 15) is 9.59 Å². The highest BCUT2D eigenvalue weighted by atomic mass is 28.4. The third-order valence-electron chi connectivity index (χ3n) is 6.59. The molecule has 3 aliphatic rings. The van der Waals surface area contributed by atoms with E-state index >= 15 is 0 Å². The maximum Gasteiger partial charge on any atom is 0.411 e. The molecule has 1 saturated heterocycles. The van der Waals surface area contributed by atoms with E-state index in [0.29, 0.717) is 30.1 Å². The van der Waals surface area contributed by atoms with Gasteiger partial charge in [0.1, 0.15) is 20.3 Å². The summed E-state index contributed by atoms with van der Waals surface area (Å²) >= 11 is 0. The van der Waals surface area contributed by atoms with Crippen molar-refractivity contribution >= 4 is 28.5 Å². The normalized spacial score (nSPS) is 24.6. The molecule has 3 rings (SSSR count). The van der Waals surface area contributed by atoms with E-state index in [0.717, 1.165) is 0 Å². The van der Waals surface area contributed by atoms with Crippen LogP contribution >= 0.6 is 0 Å². The molecule has 0 aromatic heterocycles. The molecule has 2 aliphatic heterocycles. The molecule has 1 amide bonds.